The summed E-state index contributed by atoms with van der Waals surface area (Å²) in [6.45, 7) is 3.39. The zero-order valence-electron chi connectivity index (χ0n) is 9.33. The standard InChI is InChI=1S/C11H22N2O/c1-9-7-10(8-13(9)2)12-14-11-5-3-4-6-11/h9-12H,3-8H2,1-2H3. The molecule has 2 aliphatic rings. The lowest BCUT2D eigenvalue weighted by atomic mass is 10.2. The Morgan fingerprint density at radius 3 is 2.57 bits per heavy atom. The summed E-state index contributed by atoms with van der Waals surface area (Å²) in [6, 6.07) is 1.23. The second-order valence-electron chi connectivity index (χ2n) is 4.86. The van der Waals surface area contributed by atoms with Crippen molar-refractivity contribution < 1.29 is 4.84 Å². The van der Waals surface area contributed by atoms with Crippen LogP contribution in [0, 0.1) is 0 Å². The largest absolute Gasteiger partial charge is 0.302 e. The number of hydrogen-bond donors (Lipinski definition) is 1. The van der Waals surface area contributed by atoms with Crippen molar-refractivity contribution in [3.8, 4) is 0 Å². The van der Waals surface area contributed by atoms with Crippen molar-refractivity contribution >= 4 is 0 Å². The van der Waals surface area contributed by atoms with Gasteiger partial charge in [-0.25, -0.2) is 0 Å². The van der Waals surface area contributed by atoms with Crippen LogP contribution in [-0.4, -0.2) is 36.7 Å². The minimum Gasteiger partial charge on any atom is -0.302 e. The Labute approximate surface area is 86.8 Å². The molecule has 0 spiro atoms. The number of nitrogens with one attached hydrogen (secondary N) is 1. The zero-order chi connectivity index (χ0) is 9.97. The smallest absolute Gasteiger partial charge is 0.0790 e. The van der Waals surface area contributed by atoms with Crippen LogP contribution in [0.1, 0.15) is 39.0 Å². The van der Waals surface area contributed by atoms with E-state index < -0.39 is 0 Å². The molecular formula is C11H22N2O. The molecule has 14 heavy (non-hydrogen) atoms. The molecule has 0 bridgehead atoms. The highest BCUT2D eigenvalue weighted by atomic mass is 16.7. The van der Waals surface area contributed by atoms with Crippen LogP contribution >= 0.6 is 0 Å². The summed E-state index contributed by atoms with van der Waals surface area (Å²) in [4.78, 5) is 8.09. The van der Waals surface area contributed by atoms with Crippen molar-refractivity contribution in [2.24, 2.45) is 0 Å². The van der Waals surface area contributed by atoms with Crippen molar-refractivity contribution in [3.05, 3.63) is 0 Å². The number of hydroxylamine groups is 1. The molecular weight excluding hydrogens is 176 g/mol. The summed E-state index contributed by atoms with van der Waals surface area (Å²) < 4.78 is 0. The summed E-state index contributed by atoms with van der Waals surface area (Å²) in [7, 11) is 2.18. The molecule has 3 heteroatoms. The van der Waals surface area contributed by atoms with Gasteiger partial charge in [0.15, 0.2) is 0 Å². The number of likely N-dealkylation sites (N-methyl/N-ethyl adjacent to an activating group) is 1. The predicted molar refractivity (Wildman–Crippen MR) is 57.0 cm³/mol. The van der Waals surface area contributed by atoms with Gasteiger partial charge in [-0.05, 0) is 33.2 Å². The molecule has 0 aromatic heterocycles. The highest BCUT2D eigenvalue weighted by Gasteiger charge is 2.27. The monoisotopic (exact) mass is 198 g/mol. The van der Waals surface area contributed by atoms with Crippen LogP contribution < -0.4 is 5.48 Å². The number of likely N-dealkylation sites (tertiary alicyclic amines) is 1. The first-order valence-electron chi connectivity index (χ1n) is 5.87. The molecule has 1 heterocycles. The molecule has 82 valence electrons. The first-order chi connectivity index (χ1) is 6.75. The quantitative estimate of drug-likeness (QED) is 0.696. The Bertz CT molecular complexity index is 170. The molecule has 1 aliphatic heterocycles. The topological polar surface area (TPSA) is 24.5 Å². The number of rotatable bonds is 3. The molecule has 0 aromatic rings. The maximum atomic E-state index is 5.71. The van der Waals surface area contributed by atoms with Gasteiger partial charge in [0.1, 0.15) is 0 Å². The maximum Gasteiger partial charge on any atom is 0.0790 e. The van der Waals surface area contributed by atoms with E-state index in [2.05, 4.69) is 24.4 Å². The van der Waals surface area contributed by atoms with Gasteiger partial charge in [0, 0.05) is 18.6 Å². The van der Waals surface area contributed by atoms with Crippen LogP contribution in [0.15, 0.2) is 0 Å². The Morgan fingerprint density at radius 1 is 1.29 bits per heavy atom. The molecule has 0 amide bonds. The minimum atomic E-state index is 0.483. The van der Waals surface area contributed by atoms with E-state index in [1.807, 2.05) is 0 Å². The van der Waals surface area contributed by atoms with Crippen molar-refractivity contribution in [2.75, 3.05) is 13.6 Å². The van der Waals surface area contributed by atoms with Gasteiger partial charge in [0.2, 0.25) is 0 Å². The van der Waals surface area contributed by atoms with E-state index >= 15 is 0 Å². The summed E-state index contributed by atoms with van der Waals surface area (Å²) in [5.41, 5.74) is 3.24. The van der Waals surface area contributed by atoms with E-state index in [0.717, 1.165) is 6.54 Å². The van der Waals surface area contributed by atoms with E-state index in [1.165, 1.54) is 32.1 Å². The van der Waals surface area contributed by atoms with E-state index in [4.69, 9.17) is 4.84 Å². The van der Waals surface area contributed by atoms with Crippen molar-refractivity contribution in [1.82, 2.24) is 10.4 Å². The second kappa shape index (κ2) is 4.60. The summed E-state index contributed by atoms with van der Waals surface area (Å²) in [5, 5.41) is 0. The molecule has 3 nitrogen and oxygen atoms in total. The number of nitrogens with zero attached hydrogens (tertiary/aromatic N) is 1. The molecule has 2 unspecified atom stereocenters. The van der Waals surface area contributed by atoms with Gasteiger partial charge in [-0.1, -0.05) is 12.8 Å². The molecule has 1 aliphatic carbocycles. The third-order valence-corrected chi connectivity index (χ3v) is 3.59. The number of hydrogen-bond acceptors (Lipinski definition) is 3. The highest BCUT2D eigenvalue weighted by molar-refractivity contribution is 4.83. The van der Waals surface area contributed by atoms with Crippen LogP contribution in [0.25, 0.3) is 0 Å². The van der Waals surface area contributed by atoms with Gasteiger partial charge in [0.05, 0.1) is 6.10 Å². The van der Waals surface area contributed by atoms with Crippen molar-refractivity contribution in [3.63, 3.8) is 0 Å². The van der Waals surface area contributed by atoms with Crippen LogP contribution in [0.4, 0.5) is 0 Å². The molecule has 2 rings (SSSR count). The minimum absolute atomic E-state index is 0.483. The summed E-state index contributed by atoms with van der Waals surface area (Å²) in [6.07, 6.45) is 6.86. The average Bonchev–Trinajstić information content (AvgIpc) is 2.74. The molecule has 1 saturated heterocycles. The summed E-state index contributed by atoms with van der Waals surface area (Å²) >= 11 is 0. The van der Waals surface area contributed by atoms with E-state index in [0.29, 0.717) is 18.2 Å². The first-order valence-corrected chi connectivity index (χ1v) is 5.87. The molecule has 2 fully saturated rings. The van der Waals surface area contributed by atoms with Gasteiger partial charge < -0.3 is 4.90 Å². The van der Waals surface area contributed by atoms with Gasteiger partial charge in [-0.3, -0.25) is 4.84 Å². The third-order valence-electron chi connectivity index (χ3n) is 3.59. The molecule has 1 N–H and O–H groups in total. The Kier molecular flexibility index (Phi) is 3.42. The van der Waals surface area contributed by atoms with Gasteiger partial charge >= 0.3 is 0 Å². The molecule has 0 aromatic carbocycles. The van der Waals surface area contributed by atoms with Crippen LogP contribution in [-0.2, 0) is 4.84 Å². The molecule has 0 radical (unpaired) electrons. The second-order valence-corrected chi connectivity index (χ2v) is 4.86. The van der Waals surface area contributed by atoms with Crippen LogP contribution in [0.3, 0.4) is 0 Å². The molecule has 1 saturated carbocycles. The lowest BCUT2D eigenvalue weighted by molar-refractivity contribution is -0.0380. The maximum absolute atomic E-state index is 5.71. The fraction of sp³-hybridized carbons (Fsp3) is 1.00. The summed E-state index contributed by atoms with van der Waals surface area (Å²) in [5.74, 6) is 0. The fourth-order valence-electron chi connectivity index (χ4n) is 2.48. The Balaban J connectivity index is 1.66. The Morgan fingerprint density at radius 2 is 2.00 bits per heavy atom. The lowest BCUT2D eigenvalue weighted by Gasteiger charge is -2.16. The first kappa shape index (κ1) is 10.4. The van der Waals surface area contributed by atoms with E-state index in [9.17, 15) is 0 Å². The van der Waals surface area contributed by atoms with Gasteiger partial charge in [0.25, 0.3) is 0 Å². The van der Waals surface area contributed by atoms with Crippen molar-refractivity contribution in [2.45, 2.75) is 57.2 Å². The third kappa shape index (κ3) is 2.47. The normalized spacial score (nSPS) is 35.6. The van der Waals surface area contributed by atoms with E-state index in [1.54, 1.807) is 0 Å². The Hall–Kier alpha value is -0.120. The average molecular weight is 198 g/mol. The zero-order valence-corrected chi connectivity index (χ0v) is 9.33. The highest BCUT2D eigenvalue weighted by Crippen LogP contribution is 2.21. The van der Waals surface area contributed by atoms with Gasteiger partial charge in [-0.2, -0.15) is 5.48 Å². The predicted octanol–water partition coefficient (Wildman–Crippen LogP) is 1.54. The van der Waals surface area contributed by atoms with E-state index in [-0.39, 0.29) is 0 Å². The van der Waals surface area contributed by atoms with Crippen LogP contribution in [0.2, 0.25) is 0 Å². The molecule has 2 atom stereocenters. The SMILES string of the molecule is CC1CC(NOC2CCCC2)CN1C. The lowest BCUT2D eigenvalue weighted by Crippen LogP contribution is -2.34. The van der Waals surface area contributed by atoms with Crippen molar-refractivity contribution in [1.29, 1.82) is 0 Å². The van der Waals surface area contributed by atoms with Crippen LogP contribution in [0.5, 0.6) is 0 Å². The van der Waals surface area contributed by atoms with Gasteiger partial charge in [-0.15, -0.1) is 0 Å². The fourth-order valence-corrected chi connectivity index (χ4v) is 2.48.